The Labute approximate surface area is 64.6 Å². The van der Waals surface area contributed by atoms with Crippen LogP contribution in [-0.4, -0.2) is 29.0 Å². The van der Waals surface area contributed by atoms with Gasteiger partial charge < -0.3 is 9.72 Å². The Hall–Kier alpha value is -1.16. The first-order valence-electron chi connectivity index (χ1n) is 3.37. The van der Waals surface area contributed by atoms with Crippen molar-refractivity contribution >= 4 is 5.78 Å². The highest BCUT2D eigenvalue weighted by Gasteiger charge is 2.06. The van der Waals surface area contributed by atoms with Crippen molar-refractivity contribution in [2.45, 2.75) is 6.92 Å². The van der Waals surface area contributed by atoms with E-state index in [1.54, 1.807) is 0 Å². The monoisotopic (exact) mass is 153 g/mol. The van der Waals surface area contributed by atoms with Crippen LogP contribution >= 0.6 is 0 Å². The Morgan fingerprint density at radius 2 is 2.73 bits per heavy atom. The second-order valence-electron chi connectivity index (χ2n) is 1.96. The molecule has 0 aliphatic carbocycles. The van der Waals surface area contributed by atoms with E-state index in [0.29, 0.717) is 12.3 Å². The number of hydrogen-bond donors (Lipinski definition) is 1. The first kappa shape index (κ1) is 7.94. The number of hydrogen-bond acceptors (Lipinski definition) is 3. The lowest BCUT2D eigenvalue weighted by atomic mass is 10.3. The number of aromatic amines is 1. The van der Waals surface area contributed by atoms with E-state index in [1.807, 2.05) is 6.92 Å². The number of imidazole rings is 1. The summed E-state index contributed by atoms with van der Waals surface area (Å²) in [6.07, 6.45) is 3.94. The molecule has 1 N–H and O–H groups in total. The molecule has 1 aromatic rings. The van der Waals surface area contributed by atoms with Crippen molar-refractivity contribution in [3.63, 3.8) is 0 Å². The van der Waals surface area contributed by atoms with Gasteiger partial charge in [-0.05, 0) is 6.92 Å². The fourth-order valence-electron chi connectivity index (χ4n) is 0.637. The van der Waals surface area contributed by atoms with Crippen molar-refractivity contribution in [2.24, 2.45) is 0 Å². The van der Waals surface area contributed by atoms with Crippen LogP contribution in [0.4, 0.5) is 0 Å². The van der Waals surface area contributed by atoms with Gasteiger partial charge in [0, 0.05) is 12.8 Å². The summed E-state index contributed by atoms with van der Waals surface area (Å²) in [5.74, 6) is -0.121. The summed E-state index contributed by atoms with van der Waals surface area (Å²) in [5.41, 5.74) is 0.374. The summed E-state index contributed by atoms with van der Waals surface area (Å²) in [5, 5.41) is 0. The summed E-state index contributed by atoms with van der Waals surface area (Å²) in [6, 6.07) is 0. The van der Waals surface area contributed by atoms with Gasteiger partial charge in [-0.1, -0.05) is 0 Å². The minimum absolute atomic E-state index is 0.0925. The molecule has 0 aliphatic rings. The minimum atomic E-state index is -0.121. The van der Waals surface area contributed by atoms with E-state index in [1.165, 1.54) is 6.20 Å². The van der Waals surface area contributed by atoms with Gasteiger partial charge in [-0.3, -0.25) is 4.79 Å². The molecule has 0 saturated carbocycles. The zero-order valence-electron chi connectivity index (χ0n) is 6.26. The maximum atomic E-state index is 11.0. The van der Waals surface area contributed by atoms with Crippen molar-refractivity contribution in [1.29, 1.82) is 0 Å². The molecule has 0 aliphatic heterocycles. The summed E-state index contributed by atoms with van der Waals surface area (Å²) < 4.78 is 4.90. The number of carbonyl (C=O) groups excluding carboxylic acids is 1. The molecule has 0 saturated heterocycles. The van der Waals surface area contributed by atoms with E-state index in [9.17, 15) is 4.79 Å². The number of Topliss-reactive ketones (excluding diaryl/α,β-unsaturated/α-hetero) is 1. The van der Waals surface area contributed by atoms with Crippen LogP contribution in [0.2, 0.25) is 0 Å². The standard InChI is InChI=1S/C7H9N2O2/c1-2-11-4-7(10)6-3-8-5-9-6/h3H,2,4H2,1H3,(H,8,9). The van der Waals surface area contributed by atoms with Gasteiger partial charge in [-0.15, -0.1) is 0 Å². The van der Waals surface area contributed by atoms with Gasteiger partial charge in [0.1, 0.15) is 12.3 Å². The zero-order valence-corrected chi connectivity index (χ0v) is 6.26. The summed E-state index contributed by atoms with van der Waals surface area (Å²) in [6.45, 7) is 2.47. The lowest BCUT2D eigenvalue weighted by Crippen LogP contribution is -2.08. The van der Waals surface area contributed by atoms with E-state index in [2.05, 4.69) is 16.3 Å². The van der Waals surface area contributed by atoms with E-state index in [0.717, 1.165) is 0 Å². The van der Waals surface area contributed by atoms with E-state index < -0.39 is 0 Å². The maximum absolute atomic E-state index is 11.0. The quantitative estimate of drug-likeness (QED) is 0.638. The van der Waals surface area contributed by atoms with E-state index in [4.69, 9.17) is 4.74 Å². The molecule has 59 valence electrons. The molecule has 4 heteroatoms. The van der Waals surface area contributed by atoms with Crippen LogP contribution < -0.4 is 0 Å². The molecule has 1 rings (SSSR count). The molecule has 0 unspecified atom stereocenters. The second-order valence-corrected chi connectivity index (χ2v) is 1.96. The van der Waals surface area contributed by atoms with Crippen LogP contribution in [0, 0.1) is 6.33 Å². The molecule has 1 radical (unpaired) electrons. The van der Waals surface area contributed by atoms with Gasteiger partial charge in [0.15, 0.2) is 6.33 Å². The molecular weight excluding hydrogens is 144 g/mol. The van der Waals surface area contributed by atoms with Crippen molar-refractivity contribution < 1.29 is 9.53 Å². The van der Waals surface area contributed by atoms with Crippen LogP contribution in [0.3, 0.4) is 0 Å². The minimum Gasteiger partial charge on any atom is -0.374 e. The third kappa shape index (κ3) is 2.16. The second kappa shape index (κ2) is 3.88. The lowest BCUT2D eigenvalue weighted by Gasteiger charge is -1.95. The van der Waals surface area contributed by atoms with Gasteiger partial charge in [-0.2, -0.15) is 0 Å². The van der Waals surface area contributed by atoms with Crippen molar-refractivity contribution in [3.05, 3.63) is 18.2 Å². The number of carbonyl (C=O) groups is 1. The molecule has 4 nitrogen and oxygen atoms in total. The maximum Gasteiger partial charge on any atom is 0.208 e. The predicted octanol–water partition coefficient (Wildman–Crippen LogP) is 0.429. The molecule has 0 bridgehead atoms. The smallest absolute Gasteiger partial charge is 0.208 e. The van der Waals surface area contributed by atoms with Gasteiger partial charge in [0.2, 0.25) is 5.78 Å². The Morgan fingerprint density at radius 3 is 3.27 bits per heavy atom. The van der Waals surface area contributed by atoms with E-state index in [-0.39, 0.29) is 12.4 Å². The highest BCUT2D eigenvalue weighted by molar-refractivity contribution is 5.94. The lowest BCUT2D eigenvalue weighted by molar-refractivity contribution is 0.0779. The van der Waals surface area contributed by atoms with E-state index >= 15 is 0 Å². The van der Waals surface area contributed by atoms with Gasteiger partial charge >= 0.3 is 0 Å². The van der Waals surface area contributed by atoms with Gasteiger partial charge in [0.05, 0.1) is 0 Å². The summed E-state index contributed by atoms with van der Waals surface area (Å²) in [4.78, 5) is 17.3. The highest BCUT2D eigenvalue weighted by atomic mass is 16.5. The molecule has 0 spiro atoms. The van der Waals surface area contributed by atoms with Crippen LogP contribution in [0.15, 0.2) is 6.20 Å². The fraction of sp³-hybridized carbons (Fsp3) is 0.429. The third-order valence-corrected chi connectivity index (χ3v) is 1.17. The number of H-pyrrole nitrogens is 1. The molecule has 0 fully saturated rings. The Bertz CT molecular complexity index is 218. The van der Waals surface area contributed by atoms with Crippen molar-refractivity contribution in [2.75, 3.05) is 13.2 Å². The van der Waals surface area contributed by atoms with Crippen LogP contribution in [0.1, 0.15) is 17.4 Å². The molecule has 11 heavy (non-hydrogen) atoms. The fourth-order valence-corrected chi connectivity index (χ4v) is 0.637. The third-order valence-electron chi connectivity index (χ3n) is 1.17. The van der Waals surface area contributed by atoms with Gasteiger partial charge in [0.25, 0.3) is 0 Å². The average Bonchev–Trinajstić information content (AvgIpc) is 2.52. The molecule has 0 aromatic carbocycles. The van der Waals surface area contributed by atoms with Crippen LogP contribution in [0.25, 0.3) is 0 Å². The molecule has 1 aromatic heterocycles. The largest absolute Gasteiger partial charge is 0.374 e. The number of aromatic nitrogens is 2. The number of rotatable bonds is 4. The van der Waals surface area contributed by atoms with Gasteiger partial charge in [-0.25, -0.2) is 4.98 Å². The summed E-state index contributed by atoms with van der Waals surface area (Å²) >= 11 is 0. The normalized spacial score (nSPS) is 9.91. The Balaban J connectivity index is 2.43. The Morgan fingerprint density at radius 1 is 1.91 bits per heavy atom. The highest BCUT2D eigenvalue weighted by Crippen LogP contribution is 1.92. The molecular formula is C7H9N2O2. The predicted molar refractivity (Wildman–Crippen MR) is 38.2 cm³/mol. The molecule has 0 amide bonds. The SMILES string of the molecule is CCOCC(=O)c1c[nH][c]n1. The van der Waals surface area contributed by atoms with Crippen molar-refractivity contribution in [1.82, 2.24) is 9.97 Å². The number of ether oxygens (including phenoxy) is 1. The number of nitrogens with one attached hydrogen (secondary N) is 1. The zero-order chi connectivity index (χ0) is 8.10. The average molecular weight is 153 g/mol. The van der Waals surface area contributed by atoms with Crippen molar-refractivity contribution in [3.8, 4) is 0 Å². The number of ketones is 1. The Kier molecular flexibility index (Phi) is 2.80. The topological polar surface area (TPSA) is 55.0 Å². The summed E-state index contributed by atoms with van der Waals surface area (Å²) in [7, 11) is 0. The first-order chi connectivity index (χ1) is 5.34. The molecule has 1 heterocycles. The first-order valence-corrected chi connectivity index (χ1v) is 3.37. The molecule has 0 atom stereocenters. The van der Waals surface area contributed by atoms with Crippen LogP contribution in [-0.2, 0) is 4.74 Å². The van der Waals surface area contributed by atoms with Crippen LogP contribution in [0.5, 0.6) is 0 Å². The number of nitrogens with zero attached hydrogens (tertiary/aromatic N) is 1.